The summed E-state index contributed by atoms with van der Waals surface area (Å²) in [6, 6.07) is 3.90. The fourth-order valence-electron chi connectivity index (χ4n) is 2.31. The van der Waals surface area contributed by atoms with Crippen molar-refractivity contribution in [3.05, 3.63) is 47.0 Å². The quantitative estimate of drug-likeness (QED) is 0.869. The standard InChI is InChI=1S/C14H12FNO5/c1-7(17)11-12(8-2-4-9(15)5-3-8)16(6-10(18)19)14(21)13(11)20/h2-5,12,20H,6H2,1H3,(H,18,19)/t12-/m0/s1. The molecule has 1 aliphatic rings. The summed E-state index contributed by atoms with van der Waals surface area (Å²) < 4.78 is 13.0. The molecular weight excluding hydrogens is 281 g/mol. The molecule has 2 N–H and O–H groups in total. The Morgan fingerprint density at radius 3 is 2.33 bits per heavy atom. The molecule has 1 aromatic rings. The molecule has 1 heterocycles. The maximum atomic E-state index is 13.0. The highest BCUT2D eigenvalue weighted by Gasteiger charge is 2.43. The van der Waals surface area contributed by atoms with Gasteiger partial charge < -0.3 is 15.1 Å². The fraction of sp³-hybridized carbons (Fsp3) is 0.214. The van der Waals surface area contributed by atoms with Gasteiger partial charge in [-0.3, -0.25) is 14.4 Å². The third-order valence-corrected chi connectivity index (χ3v) is 3.17. The zero-order chi connectivity index (χ0) is 15.7. The van der Waals surface area contributed by atoms with E-state index in [-0.39, 0.29) is 5.57 Å². The normalized spacial score (nSPS) is 18.3. The van der Waals surface area contributed by atoms with Crippen LogP contribution < -0.4 is 0 Å². The van der Waals surface area contributed by atoms with Crippen LogP contribution in [0.1, 0.15) is 18.5 Å². The molecule has 0 radical (unpaired) electrons. The van der Waals surface area contributed by atoms with Crippen molar-refractivity contribution in [2.24, 2.45) is 0 Å². The second kappa shape index (κ2) is 5.35. The van der Waals surface area contributed by atoms with Crippen molar-refractivity contribution in [1.29, 1.82) is 0 Å². The number of rotatable bonds is 4. The molecule has 6 nitrogen and oxygen atoms in total. The molecule has 110 valence electrons. The van der Waals surface area contributed by atoms with E-state index in [0.717, 1.165) is 17.0 Å². The van der Waals surface area contributed by atoms with Gasteiger partial charge in [-0.1, -0.05) is 12.1 Å². The van der Waals surface area contributed by atoms with Crippen LogP contribution in [0.3, 0.4) is 0 Å². The van der Waals surface area contributed by atoms with E-state index >= 15 is 0 Å². The van der Waals surface area contributed by atoms with E-state index in [2.05, 4.69) is 0 Å². The number of carbonyl (C=O) groups is 3. The lowest BCUT2D eigenvalue weighted by molar-refractivity contribution is -0.144. The van der Waals surface area contributed by atoms with E-state index in [4.69, 9.17) is 5.11 Å². The van der Waals surface area contributed by atoms with Gasteiger partial charge in [-0.15, -0.1) is 0 Å². The van der Waals surface area contributed by atoms with Crippen LogP contribution in [0, 0.1) is 5.82 Å². The van der Waals surface area contributed by atoms with Crippen LogP contribution in [0.25, 0.3) is 0 Å². The third kappa shape index (κ3) is 2.62. The molecule has 2 rings (SSSR count). The number of carboxylic acids is 1. The van der Waals surface area contributed by atoms with Crippen LogP contribution in [0.4, 0.5) is 4.39 Å². The number of Topliss-reactive ketones (excluding diaryl/α,β-unsaturated/α-hetero) is 1. The topological polar surface area (TPSA) is 94.9 Å². The first-order chi connectivity index (χ1) is 9.82. The number of aliphatic hydroxyl groups excluding tert-OH is 1. The second-order valence-corrected chi connectivity index (χ2v) is 4.60. The fourth-order valence-corrected chi connectivity index (χ4v) is 2.31. The van der Waals surface area contributed by atoms with Gasteiger partial charge in [0.1, 0.15) is 12.4 Å². The smallest absolute Gasteiger partial charge is 0.323 e. The Kier molecular flexibility index (Phi) is 3.75. The summed E-state index contributed by atoms with van der Waals surface area (Å²) in [6.45, 7) is 0.487. The molecule has 0 fully saturated rings. The van der Waals surface area contributed by atoms with Gasteiger partial charge in [0.15, 0.2) is 11.5 Å². The van der Waals surface area contributed by atoms with Crippen molar-refractivity contribution in [3.63, 3.8) is 0 Å². The molecule has 0 saturated heterocycles. The summed E-state index contributed by atoms with van der Waals surface area (Å²) in [5.41, 5.74) is 0.160. The van der Waals surface area contributed by atoms with Crippen LogP contribution in [-0.2, 0) is 14.4 Å². The minimum atomic E-state index is -1.28. The lowest BCUT2D eigenvalue weighted by Gasteiger charge is -2.24. The highest BCUT2D eigenvalue weighted by molar-refractivity contribution is 6.08. The number of hydrogen-bond donors (Lipinski definition) is 2. The summed E-state index contributed by atoms with van der Waals surface area (Å²) in [5.74, 6) is -4.04. The molecular formula is C14H12FNO5. The Morgan fingerprint density at radius 1 is 1.29 bits per heavy atom. The molecule has 0 aliphatic carbocycles. The number of ketones is 1. The average molecular weight is 293 g/mol. The first-order valence-electron chi connectivity index (χ1n) is 6.05. The summed E-state index contributed by atoms with van der Waals surface area (Å²) in [6.07, 6.45) is 0. The summed E-state index contributed by atoms with van der Waals surface area (Å²) in [4.78, 5) is 35.3. The minimum absolute atomic E-state index is 0.187. The van der Waals surface area contributed by atoms with Crippen LogP contribution in [0.5, 0.6) is 0 Å². The van der Waals surface area contributed by atoms with E-state index in [0.29, 0.717) is 5.56 Å². The number of carboxylic acid groups (broad SMARTS) is 1. The van der Waals surface area contributed by atoms with E-state index in [1.54, 1.807) is 0 Å². The number of hydrogen-bond acceptors (Lipinski definition) is 4. The first kappa shape index (κ1) is 14.7. The number of carbonyl (C=O) groups excluding carboxylic acids is 2. The SMILES string of the molecule is CC(=O)C1=C(O)C(=O)N(CC(=O)O)[C@H]1c1ccc(F)cc1. The molecule has 21 heavy (non-hydrogen) atoms. The lowest BCUT2D eigenvalue weighted by atomic mass is 9.97. The van der Waals surface area contributed by atoms with E-state index in [9.17, 15) is 23.9 Å². The molecule has 1 aromatic carbocycles. The molecule has 0 bridgehead atoms. The van der Waals surface area contributed by atoms with Gasteiger partial charge in [0.2, 0.25) is 0 Å². The van der Waals surface area contributed by atoms with Crippen molar-refractivity contribution in [2.75, 3.05) is 6.54 Å². The first-order valence-corrected chi connectivity index (χ1v) is 6.05. The highest BCUT2D eigenvalue weighted by Crippen LogP contribution is 2.37. The minimum Gasteiger partial charge on any atom is -0.503 e. The predicted octanol–water partition coefficient (Wildman–Crippen LogP) is 1.19. The molecule has 0 spiro atoms. The monoisotopic (exact) mass is 293 g/mol. The van der Waals surface area contributed by atoms with Gasteiger partial charge in [0, 0.05) is 0 Å². The number of amides is 1. The molecule has 1 atom stereocenters. The van der Waals surface area contributed by atoms with Crippen molar-refractivity contribution in [3.8, 4) is 0 Å². The maximum absolute atomic E-state index is 13.0. The second-order valence-electron chi connectivity index (χ2n) is 4.60. The van der Waals surface area contributed by atoms with Gasteiger partial charge in [-0.05, 0) is 24.6 Å². The van der Waals surface area contributed by atoms with Gasteiger partial charge in [-0.2, -0.15) is 0 Å². The van der Waals surface area contributed by atoms with Crippen LogP contribution >= 0.6 is 0 Å². The average Bonchev–Trinajstić information content (AvgIpc) is 2.64. The molecule has 7 heteroatoms. The van der Waals surface area contributed by atoms with Gasteiger partial charge in [0.25, 0.3) is 5.91 Å². The van der Waals surface area contributed by atoms with Gasteiger partial charge in [0.05, 0.1) is 11.6 Å². The molecule has 0 saturated carbocycles. The largest absolute Gasteiger partial charge is 0.503 e. The van der Waals surface area contributed by atoms with Crippen LogP contribution in [0.15, 0.2) is 35.6 Å². The predicted molar refractivity (Wildman–Crippen MR) is 68.8 cm³/mol. The molecule has 1 amide bonds. The summed E-state index contributed by atoms with van der Waals surface area (Å²) in [7, 11) is 0. The van der Waals surface area contributed by atoms with Crippen molar-refractivity contribution < 1.29 is 29.0 Å². The number of nitrogens with zero attached hydrogens (tertiary/aromatic N) is 1. The zero-order valence-corrected chi connectivity index (χ0v) is 11.0. The van der Waals surface area contributed by atoms with Crippen molar-refractivity contribution in [2.45, 2.75) is 13.0 Å². The van der Waals surface area contributed by atoms with Crippen LogP contribution in [0.2, 0.25) is 0 Å². The Morgan fingerprint density at radius 2 is 1.86 bits per heavy atom. The number of aliphatic hydroxyl groups is 1. The summed E-state index contributed by atoms with van der Waals surface area (Å²) in [5, 5.41) is 18.7. The van der Waals surface area contributed by atoms with Crippen molar-refractivity contribution in [1.82, 2.24) is 4.90 Å². The van der Waals surface area contributed by atoms with Crippen LogP contribution in [-0.4, -0.2) is 39.3 Å². The molecule has 1 aliphatic heterocycles. The molecule has 0 unspecified atom stereocenters. The molecule has 0 aromatic heterocycles. The van der Waals surface area contributed by atoms with Crippen molar-refractivity contribution >= 4 is 17.7 Å². The highest BCUT2D eigenvalue weighted by atomic mass is 19.1. The zero-order valence-electron chi connectivity index (χ0n) is 11.0. The Balaban J connectivity index is 2.53. The Labute approximate surface area is 119 Å². The third-order valence-electron chi connectivity index (χ3n) is 3.17. The number of benzene rings is 1. The summed E-state index contributed by atoms with van der Waals surface area (Å²) >= 11 is 0. The number of aliphatic carboxylic acids is 1. The van der Waals surface area contributed by atoms with Gasteiger partial charge in [-0.25, -0.2) is 4.39 Å². The number of halogens is 1. The van der Waals surface area contributed by atoms with E-state index in [1.165, 1.54) is 19.1 Å². The van der Waals surface area contributed by atoms with E-state index < -0.39 is 41.8 Å². The Hall–Kier alpha value is -2.70. The van der Waals surface area contributed by atoms with Gasteiger partial charge >= 0.3 is 5.97 Å². The lowest BCUT2D eigenvalue weighted by Crippen LogP contribution is -2.35. The van der Waals surface area contributed by atoms with E-state index in [1.807, 2.05) is 0 Å². The maximum Gasteiger partial charge on any atom is 0.323 e. The Bertz CT molecular complexity index is 650.